The van der Waals surface area contributed by atoms with Crippen LogP contribution in [0.15, 0.2) is 35.6 Å². The summed E-state index contributed by atoms with van der Waals surface area (Å²) in [7, 11) is 0. The second-order valence-electron chi connectivity index (χ2n) is 4.09. The first-order chi connectivity index (χ1) is 8.79. The summed E-state index contributed by atoms with van der Waals surface area (Å²) in [6.07, 6.45) is 4.29. The van der Waals surface area contributed by atoms with Gasteiger partial charge in [0.25, 0.3) is 0 Å². The number of aliphatic imine (C=N–C) groups is 1. The predicted molar refractivity (Wildman–Crippen MR) is 73.7 cm³/mol. The summed E-state index contributed by atoms with van der Waals surface area (Å²) < 4.78 is 0. The van der Waals surface area contributed by atoms with Gasteiger partial charge in [-0.2, -0.15) is 5.10 Å². The van der Waals surface area contributed by atoms with E-state index < -0.39 is 0 Å². The van der Waals surface area contributed by atoms with Crippen LogP contribution in [0, 0.1) is 0 Å². The van der Waals surface area contributed by atoms with Crippen molar-refractivity contribution < 1.29 is 0 Å². The quantitative estimate of drug-likeness (QED) is 0.626. The molecule has 1 unspecified atom stereocenters. The topological polar surface area (TPSA) is 66.0 Å². The van der Waals surface area contributed by atoms with Crippen LogP contribution in [0.5, 0.6) is 0 Å². The molecule has 1 aromatic carbocycles. The van der Waals surface area contributed by atoms with Crippen molar-refractivity contribution in [3.05, 3.63) is 30.6 Å². The molecule has 2 N–H and O–H groups in total. The molecule has 1 atom stereocenters. The van der Waals surface area contributed by atoms with Crippen LogP contribution in [-0.4, -0.2) is 27.6 Å². The monoisotopic (exact) mass is 243 g/mol. The van der Waals surface area contributed by atoms with Crippen LogP contribution in [0.4, 0.5) is 5.69 Å². The minimum atomic E-state index is 0.353. The van der Waals surface area contributed by atoms with Gasteiger partial charge in [0.05, 0.1) is 6.34 Å². The summed E-state index contributed by atoms with van der Waals surface area (Å²) in [4.78, 5) is 8.44. The zero-order valence-electron chi connectivity index (χ0n) is 10.6. The number of rotatable bonds is 5. The number of nitrogens with zero attached hydrogens (tertiary/aromatic N) is 3. The maximum absolute atomic E-state index is 4.35. The number of anilines is 1. The van der Waals surface area contributed by atoms with E-state index in [1.807, 2.05) is 24.3 Å². The fourth-order valence-electron chi connectivity index (χ4n) is 1.41. The fourth-order valence-corrected chi connectivity index (χ4v) is 1.41. The van der Waals surface area contributed by atoms with Crippen molar-refractivity contribution in [2.75, 3.05) is 5.32 Å². The van der Waals surface area contributed by atoms with Gasteiger partial charge in [0.15, 0.2) is 5.82 Å². The molecule has 2 rings (SSSR count). The van der Waals surface area contributed by atoms with Crippen LogP contribution in [-0.2, 0) is 0 Å². The van der Waals surface area contributed by atoms with Gasteiger partial charge in [-0.15, -0.1) is 0 Å². The minimum absolute atomic E-state index is 0.353. The summed E-state index contributed by atoms with van der Waals surface area (Å²) in [5.74, 6) is 0.773. The number of hydrogen-bond donors (Lipinski definition) is 2. The van der Waals surface area contributed by atoms with Gasteiger partial charge in [0, 0.05) is 17.3 Å². The number of benzene rings is 1. The molecule has 0 fully saturated rings. The Bertz CT molecular complexity index is 487. The van der Waals surface area contributed by atoms with Crippen LogP contribution >= 0.6 is 0 Å². The molecule has 2 aromatic rings. The number of nitrogens with one attached hydrogen (secondary N) is 2. The van der Waals surface area contributed by atoms with E-state index in [2.05, 4.69) is 39.3 Å². The average Bonchev–Trinajstić information content (AvgIpc) is 2.93. The van der Waals surface area contributed by atoms with Gasteiger partial charge in [0.2, 0.25) is 0 Å². The van der Waals surface area contributed by atoms with Crippen molar-refractivity contribution in [3.63, 3.8) is 0 Å². The number of aromatic amines is 1. The molecular weight excluding hydrogens is 226 g/mol. The van der Waals surface area contributed by atoms with Crippen LogP contribution in [0.3, 0.4) is 0 Å². The zero-order chi connectivity index (χ0) is 12.8. The van der Waals surface area contributed by atoms with Gasteiger partial charge in [-0.3, -0.25) is 10.1 Å². The summed E-state index contributed by atoms with van der Waals surface area (Å²) in [6.45, 7) is 4.21. The lowest BCUT2D eigenvalue weighted by atomic mass is 10.2. The molecule has 0 saturated carbocycles. The average molecular weight is 243 g/mol. The van der Waals surface area contributed by atoms with Crippen LogP contribution in [0.1, 0.15) is 20.3 Å². The first-order valence-corrected chi connectivity index (χ1v) is 6.03. The highest BCUT2D eigenvalue weighted by Crippen LogP contribution is 2.16. The third-order valence-corrected chi connectivity index (χ3v) is 2.72. The molecule has 0 spiro atoms. The Kier molecular flexibility index (Phi) is 4.06. The Labute approximate surface area is 106 Å². The normalized spacial score (nSPS) is 12.8. The van der Waals surface area contributed by atoms with E-state index in [1.165, 1.54) is 6.33 Å². The second-order valence-corrected chi connectivity index (χ2v) is 4.09. The number of hydrogen-bond acceptors (Lipinski definition) is 3. The SMILES string of the molecule is CCC(C)N=CNc1ccc(-c2ncn[nH]2)cc1. The zero-order valence-corrected chi connectivity index (χ0v) is 10.6. The first-order valence-electron chi connectivity index (χ1n) is 6.03. The molecule has 0 amide bonds. The Morgan fingerprint density at radius 1 is 1.39 bits per heavy atom. The van der Waals surface area contributed by atoms with Crippen molar-refractivity contribution in [3.8, 4) is 11.4 Å². The molecule has 5 heteroatoms. The van der Waals surface area contributed by atoms with E-state index in [0.29, 0.717) is 6.04 Å². The van der Waals surface area contributed by atoms with Crippen molar-refractivity contribution in [1.82, 2.24) is 15.2 Å². The molecule has 0 aliphatic carbocycles. The lowest BCUT2D eigenvalue weighted by Gasteiger charge is -2.03. The Morgan fingerprint density at radius 3 is 2.78 bits per heavy atom. The van der Waals surface area contributed by atoms with Gasteiger partial charge in [-0.25, -0.2) is 4.98 Å². The minimum Gasteiger partial charge on any atom is -0.347 e. The highest BCUT2D eigenvalue weighted by atomic mass is 15.2. The van der Waals surface area contributed by atoms with Crippen LogP contribution < -0.4 is 5.32 Å². The van der Waals surface area contributed by atoms with Crippen LogP contribution in [0.2, 0.25) is 0 Å². The maximum Gasteiger partial charge on any atom is 0.155 e. The molecule has 1 heterocycles. The molecule has 94 valence electrons. The number of H-pyrrole nitrogens is 1. The lowest BCUT2D eigenvalue weighted by molar-refractivity contribution is 0.720. The summed E-state index contributed by atoms with van der Waals surface area (Å²) in [5.41, 5.74) is 2.02. The van der Waals surface area contributed by atoms with E-state index in [4.69, 9.17) is 0 Å². The van der Waals surface area contributed by atoms with Crippen molar-refractivity contribution >= 4 is 12.0 Å². The molecular formula is C13H17N5. The third-order valence-electron chi connectivity index (χ3n) is 2.72. The smallest absolute Gasteiger partial charge is 0.155 e. The van der Waals surface area contributed by atoms with Gasteiger partial charge in [-0.1, -0.05) is 6.92 Å². The van der Waals surface area contributed by atoms with Gasteiger partial charge in [0.1, 0.15) is 6.33 Å². The Morgan fingerprint density at radius 2 is 2.17 bits per heavy atom. The maximum atomic E-state index is 4.35. The van der Waals surface area contributed by atoms with Crippen molar-refractivity contribution in [2.24, 2.45) is 4.99 Å². The highest BCUT2D eigenvalue weighted by molar-refractivity contribution is 5.76. The molecule has 0 aliphatic heterocycles. The van der Waals surface area contributed by atoms with Gasteiger partial charge in [-0.05, 0) is 37.6 Å². The van der Waals surface area contributed by atoms with E-state index in [0.717, 1.165) is 23.5 Å². The van der Waals surface area contributed by atoms with Crippen molar-refractivity contribution in [2.45, 2.75) is 26.3 Å². The molecule has 0 saturated heterocycles. The third kappa shape index (κ3) is 3.16. The van der Waals surface area contributed by atoms with Gasteiger partial charge >= 0.3 is 0 Å². The fraction of sp³-hybridized carbons (Fsp3) is 0.308. The molecule has 0 aliphatic rings. The van der Waals surface area contributed by atoms with Crippen molar-refractivity contribution in [1.29, 1.82) is 0 Å². The summed E-state index contributed by atoms with van der Waals surface area (Å²) >= 11 is 0. The summed E-state index contributed by atoms with van der Waals surface area (Å²) in [5, 5.41) is 9.80. The molecule has 0 bridgehead atoms. The van der Waals surface area contributed by atoms with E-state index in [1.54, 1.807) is 6.34 Å². The lowest BCUT2D eigenvalue weighted by Crippen LogP contribution is -2.00. The molecule has 0 radical (unpaired) electrons. The van der Waals surface area contributed by atoms with Gasteiger partial charge < -0.3 is 5.32 Å². The largest absolute Gasteiger partial charge is 0.347 e. The van der Waals surface area contributed by atoms with E-state index >= 15 is 0 Å². The van der Waals surface area contributed by atoms with E-state index in [-0.39, 0.29) is 0 Å². The Balaban J connectivity index is 1.98. The molecule has 5 nitrogen and oxygen atoms in total. The van der Waals surface area contributed by atoms with E-state index in [9.17, 15) is 0 Å². The Hall–Kier alpha value is -2.17. The second kappa shape index (κ2) is 5.95. The van der Waals surface area contributed by atoms with Crippen LogP contribution in [0.25, 0.3) is 11.4 Å². The predicted octanol–water partition coefficient (Wildman–Crippen LogP) is 2.71. The molecule has 1 aromatic heterocycles. The molecule has 18 heavy (non-hydrogen) atoms. The first kappa shape index (κ1) is 12.3. The highest BCUT2D eigenvalue weighted by Gasteiger charge is 1.99. The summed E-state index contributed by atoms with van der Waals surface area (Å²) in [6, 6.07) is 8.30. The standard InChI is InChI=1S/C13H17N5/c1-3-10(2)14-8-15-12-6-4-11(5-7-12)13-16-9-17-18-13/h4-10H,3H2,1-2H3,(H,14,15)(H,16,17,18). The number of aromatic nitrogens is 3.